The fraction of sp³-hybridized carbons (Fsp3) is 0.778. The van der Waals surface area contributed by atoms with Gasteiger partial charge in [0.2, 0.25) is 11.8 Å². The van der Waals surface area contributed by atoms with Crippen LogP contribution in [-0.2, 0) is 9.59 Å². The molecule has 1 rings (SSSR count). The Morgan fingerprint density at radius 2 is 2.00 bits per heavy atom. The summed E-state index contributed by atoms with van der Waals surface area (Å²) < 4.78 is 0. The zero-order valence-electron chi connectivity index (χ0n) is 8.26. The van der Waals surface area contributed by atoms with Gasteiger partial charge in [-0.25, -0.2) is 0 Å². The molecule has 2 unspecified atom stereocenters. The lowest BCUT2D eigenvalue weighted by molar-refractivity contribution is -0.125. The summed E-state index contributed by atoms with van der Waals surface area (Å²) >= 11 is 0. The summed E-state index contributed by atoms with van der Waals surface area (Å²) in [4.78, 5) is 22.0. The maximum Gasteiger partial charge on any atom is 0.244 e. The largest absolute Gasteiger partial charge is 0.303 e. The van der Waals surface area contributed by atoms with Gasteiger partial charge in [-0.3, -0.25) is 14.9 Å². The van der Waals surface area contributed by atoms with Crippen molar-refractivity contribution in [1.82, 2.24) is 10.6 Å². The summed E-state index contributed by atoms with van der Waals surface area (Å²) in [6, 6.07) is -0.0773. The second-order valence-corrected chi connectivity index (χ2v) is 3.87. The summed E-state index contributed by atoms with van der Waals surface area (Å²) in [5, 5.41) is 5.40. The highest BCUT2D eigenvalue weighted by atomic mass is 16.2. The standard InChI is InChI=1S/C9H16N2O2/c1-5(2)6(3)10-7-4-8(12)11-9(7)13/h5-7,10H,4H2,1-3H3,(H,11,12,13). The van der Waals surface area contributed by atoms with Crippen LogP contribution in [0.3, 0.4) is 0 Å². The molecule has 13 heavy (non-hydrogen) atoms. The fourth-order valence-corrected chi connectivity index (χ4v) is 1.20. The van der Waals surface area contributed by atoms with E-state index in [4.69, 9.17) is 0 Å². The number of amides is 2. The van der Waals surface area contributed by atoms with Gasteiger partial charge in [-0.2, -0.15) is 0 Å². The summed E-state index contributed by atoms with van der Waals surface area (Å²) in [7, 11) is 0. The zero-order chi connectivity index (χ0) is 10.0. The molecule has 1 aliphatic rings. The quantitative estimate of drug-likeness (QED) is 0.609. The molecule has 1 fully saturated rings. The summed E-state index contributed by atoms with van der Waals surface area (Å²) in [6.45, 7) is 6.17. The van der Waals surface area contributed by atoms with Crippen molar-refractivity contribution < 1.29 is 9.59 Å². The molecular weight excluding hydrogens is 168 g/mol. The molecule has 0 aromatic carbocycles. The van der Waals surface area contributed by atoms with Crippen LogP contribution in [0.2, 0.25) is 0 Å². The Bertz CT molecular complexity index is 226. The van der Waals surface area contributed by atoms with E-state index in [2.05, 4.69) is 24.5 Å². The molecule has 4 nitrogen and oxygen atoms in total. The van der Waals surface area contributed by atoms with Crippen molar-refractivity contribution in [3.8, 4) is 0 Å². The lowest BCUT2D eigenvalue weighted by Gasteiger charge is -2.20. The van der Waals surface area contributed by atoms with Gasteiger partial charge in [0.1, 0.15) is 0 Å². The van der Waals surface area contributed by atoms with Crippen molar-refractivity contribution in [2.24, 2.45) is 5.92 Å². The van der Waals surface area contributed by atoms with E-state index in [1.807, 2.05) is 6.92 Å². The number of imide groups is 1. The topological polar surface area (TPSA) is 58.2 Å². The number of nitrogens with one attached hydrogen (secondary N) is 2. The Morgan fingerprint density at radius 3 is 2.38 bits per heavy atom. The maximum atomic E-state index is 11.1. The Hall–Kier alpha value is -0.900. The van der Waals surface area contributed by atoms with Crippen LogP contribution in [0.4, 0.5) is 0 Å². The van der Waals surface area contributed by atoms with Crippen LogP contribution < -0.4 is 10.6 Å². The van der Waals surface area contributed by atoms with Gasteiger partial charge in [0, 0.05) is 6.04 Å². The monoisotopic (exact) mass is 184 g/mol. The minimum atomic E-state index is -0.329. The van der Waals surface area contributed by atoms with Crippen LogP contribution in [0, 0.1) is 5.92 Å². The van der Waals surface area contributed by atoms with Gasteiger partial charge in [0.15, 0.2) is 0 Å². The van der Waals surface area contributed by atoms with Crippen LogP contribution in [0.1, 0.15) is 27.2 Å². The van der Waals surface area contributed by atoms with Gasteiger partial charge in [-0.05, 0) is 12.8 Å². The minimum Gasteiger partial charge on any atom is -0.303 e. The second kappa shape index (κ2) is 3.87. The molecule has 74 valence electrons. The lowest BCUT2D eigenvalue weighted by Crippen LogP contribution is -2.43. The van der Waals surface area contributed by atoms with Gasteiger partial charge in [0.05, 0.1) is 12.5 Å². The predicted molar refractivity (Wildman–Crippen MR) is 49.0 cm³/mol. The third-order valence-corrected chi connectivity index (χ3v) is 2.43. The first-order valence-corrected chi connectivity index (χ1v) is 4.60. The molecule has 4 heteroatoms. The Labute approximate surface area is 78.1 Å². The van der Waals surface area contributed by atoms with Crippen molar-refractivity contribution in [2.45, 2.75) is 39.3 Å². The van der Waals surface area contributed by atoms with E-state index in [1.165, 1.54) is 0 Å². The molecule has 2 N–H and O–H groups in total. The normalized spacial score (nSPS) is 25.1. The first-order valence-electron chi connectivity index (χ1n) is 4.60. The molecule has 0 radical (unpaired) electrons. The van der Waals surface area contributed by atoms with Crippen molar-refractivity contribution >= 4 is 11.8 Å². The minimum absolute atomic E-state index is 0.182. The first kappa shape index (κ1) is 10.2. The number of hydrogen-bond acceptors (Lipinski definition) is 3. The zero-order valence-corrected chi connectivity index (χ0v) is 8.26. The van der Waals surface area contributed by atoms with E-state index in [1.54, 1.807) is 0 Å². The Balaban J connectivity index is 2.46. The average Bonchev–Trinajstić information content (AvgIpc) is 2.30. The summed E-state index contributed by atoms with van der Waals surface area (Å²) in [5.41, 5.74) is 0. The highest BCUT2D eigenvalue weighted by molar-refractivity contribution is 6.05. The molecule has 0 spiro atoms. The van der Waals surface area contributed by atoms with E-state index in [0.717, 1.165) is 0 Å². The molecule has 0 aromatic heterocycles. The molecular formula is C9H16N2O2. The van der Waals surface area contributed by atoms with Gasteiger partial charge in [0.25, 0.3) is 0 Å². The number of carbonyl (C=O) groups is 2. The van der Waals surface area contributed by atoms with Gasteiger partial charge < -0.3 is 5.32 Å². The number of rotatable bonds is 3. The first-order chi connectivity index (χ1) is 6.00. The molecule has 1 heterocycles. The van der Waals surface area contributed by atoms with E-state index >= 15 is 0 Å². The second-order valence-electron chi connectivity index (χ2n) is 3.87. The molecule has 1 aliphatic heterocycles. The number of hydrogen-bond donors (Lipinski definition) is 2. The van der Waals surface area contributed by atoms with Crippen molar-refractivity contribution in [2.75, 3.05) is 0 Å². The van der Waals surface area contributed by atoms with Crippen LogP contribution in [0.15, 0.2) is 0 Å². The smallest absolute Gasteiger partial charge is 0.244 e. The van der Waals surface area contributed by atoms with Crippen LogP contribution in [-0.4, -0.2) is 23.9 Å². The molecule has 0 bridgehead atoms. The molecule has 2 atom stereocenters. The highest BCUT2D eigenvalue weighted by Crippen LogP contribution is 2.06. The summed E-state index contributed by atoms with van der Waals surface area (Å²) in [6.07, 6.45) is 0.274. The van der Waals surface area contributed by atoms with E-state index in [0.29, 0.717) is 5.92 Å². The third kappa shape index (κ3) is 2.52. The van der Waals surface area contributed by atoms with Crippen molar-refractivity contribution in [3.63, 3.8) is 0 Å². The highest BCUT2D eigenvalue weighted by Gasteiger charge is 2.31. The van der Waals surface area contributed by atoms with E-state index < -0.39 is 0 Å². The Morgan fingerprint density at radius 1 is 1.38 bits per heavy atom. The summed E-state index contributed by atoms with van der Waals surface area (Å²) in [5.74, 6) is 0.0828. The molecule has 0 saturated carbocycles. The van der Waals surface area contributed by atoms with Crippen molar-refractivity contribution in [3.05, 3.63) is 0 Å². The Kier molecular flexibility index (Phi) is 3.03. The van der Waals surface area contributed by atoms with E-state index in [9.17, 15) is 9.59 Å². The van der Waals surface area contributed by atoms with Crippen LogP contribution in [0.5, 0.6) is 0 Å². The SMILES string of the molecule is CC(C)C(C)NC1CC(=O)NC1=O. The molecule has 0 aromatic rings. The average molecular weight is 184 g/mol. The van der Waals surface area contributed by atoms with Crippen LogP contribution in [0.25, 0.3) is 0 Å². The van der Waals surface area contributed by atoms with Gasteiger partial charge in [-0.1, -0.05) is 13.8 Å². The fourth-order valence-electron chi connectivity index (χ4n) is 1.20. The van der Waals surface area contributed by atoms with Gasteiger partial charge >= 0.3 is 0 Å². The molecule has 1 saturated heterocycles. The van der Waals surface area contributed by atoms with Gasteiger partial charge in [-0.15, -0.1) is 0 Å². The maximum absolute atomic E-state index is 11.1. The molecule has 2 amide bonds. The predicted octanol–water partition coefficient (Wildman–Crippen LogP) is 0.0356. The molecule has 0 aliphatic carbocycles. The van der Waals surface area contributed by atoms with E-state index in [-0.39, 0.29) is 30.3 Å². The van der Waals surface area contributed by atoms with Crippen LogP contribution >= 0.6 is 0 Å². The third-order valence-electron chi connectivity index (χ3n) is 2.43. The number of carbonyl (C=O) groups excluding carboxylic acids is 2. The van der Waals surface area contributed by atoms with Crippen molar-refractivity contribution in [1.29, 1.82) is 0 Å². The lowest BCUT2D eigenvalue weighted by atomic mass is 10.1.